The molecular weight excluding hydrogens is 370 g/mol. The Kier molecular flexibility index (Phi) is 6.37. The SMILES string of the molecule is CC#CCOc1ccc(C(=O)Cc2cccc([C@]3(C)CCSC(N)=N3)c2)nc1. The number of ether oxygens (including phenoxy) is 1. The third kappa shape index (κ3) is 4.93. The number of thioether (sulfide) groups is 1. The number of hydrogen-bond acceptors (Lipinski definition) is 6. The second-order valence-electron chi connectivity index (χ2n) is 6.72. The van der Waals surface area contributed by atoms with Crippen LogP contribution in [0.1, 0.15) is 41.9 Å². The van der Waals surface area contributed by atoms with Gasteiger partial charge in [-0.15, -0.1) is 5.92 Å². The Morgan fingerprint density at radius 2 is 2.21 bits per heavy atom. The number of carbonyl (C=O) groups excluding carboxylic acids is 1. The van der Waals surface area contributed by atoms with Gasteiger partial charge in [-0.25, -0.2) is 4.98 Å². The van der Waals surface area contributed by atoms with Crippen LogP contribution in [-0.4, -0.2) is 28.3 Å². The number of aliphatic imine (C=N–C) groups is 1. The first-order valence-corrected chi connectivity index (χ1v) is 10.1. The van der Waals surface area contributed by atoms with Crippen LogP contribution >= 0.6 is 11.8 Å². The zero-order chi connectivity index (χ0) is 20.0. The summed E-state index contributed by atoms with van der Waals surface area (Å²) in [5.41, 5.74) is 8.02. The second-order valence-corrected chi connectivity index (χ2v) is 7.83. The number of pyridine rings is 1. The van der Waals surface area contributed by atoms with E-state index in [0.29, 0.717) is 23.2 Å². The Bertz CT molecular complexity index is 944. The molecule has 0 spiro atoms. The number of aromatic nitrogens is 1. The van der Waals surface area contributed by atoms with Crippen LogP contribution in [0.2, 0.25) is 0 Å². The number of Topliss-reactive ketones (excluding diaryl/α,β-unsaturated/α-hetero) is 1. The lowest BCUT2D eigenvalue weighted by Crippen LogP contribution is -2.28. The van der Waals surface area contributed by atoms with Crippen molar-refractivity contribution < 1.29 is 9.53 Å². The molecular formula is C22H23N3O2S. The van der Waals surface area contributed by atoms with Crippen molar-refractivity contribution in [2.45, 2.75) is 32.2 Å². The van der Waals surface area contributed by atoms with Crippen LogP contribution in [0.25, 0.3) is 0 Å². The van der Waals surface area contributed by atoms with Gasteiger partial charge in [0, 0.05) is 12.2 Å². The average molecular weight is 394 g/mol. The molecule has 1 aliphatic heterocycles. The van der Waals surface area contributed by atoms with E-state index >= 15 is 0 Å². The minimum Gasteiger partial charge on any atom is -0.479 e. The number of ketones is 1. The summed E-state index contributed by atoms with van der Waals surface area (Å²) in [7, 11) is 0. The Balaban J connectivity index is 1.70. The van der Waals surface area contributed by atoms with Gasteiger partial charge >= 0.3 is 0 Å². The molecule has 6 heteroatoms. The zero-order valence-corrected chi connectivity index (χ0v) is 16.9. The van der Waals surface area contributed by atoms with Gasteiger partial charge < -0.3 is 10.5 Å². The molecule has 0 saturated carbocycles. The van der Waals surface area contributed by atoms with Crippen molar-refractivity contribution in [2.75, 3.05) is 12.4 Å². The Morgan fingerprint density at radius 1 is 1.36 bits per heavy atom. The van der Waals surface area contributed by atoms with Crippen LogP contribution in [0, 0.1) is 11.8 Å². The molecule has 2 N–H and O–H groups in total. The molecule has 0 radical (unpaired) electrons. The minimum absolute atomic E-state index is 0.0376. The average Bonchev–Trinajstić information content (AvgIpc) is 2.69. The summed E-state index contributed by atoms with van der Waals surface area (Å²) in [5.74, 6) is 7.08. The Morgan fingerprint density at radius 3 is 2.93 bits per heavy atom. The molecule has 1 aromatic carbocycles. The molecule has 1 atom stereocenters. The Labute approximate surface area is 169 Å². The van der Waals surface area contributed by atoms with Crippen molar-refractivity contribution >= 4 is 22.7 Å². The van der Waals surface area contributed by atoms with E-state index in [1.165, 1.54) is 0 Å². The lowest BCUT2D eigenvalue weighted by molar-refractivity contribution is 0.0988. The van der Waals surface area contributed by atoms with Gasteiger partial charge in [-0.3, -0.25) is 9.79 Å². The summed E-state index contributed by atoms with van der Waals surface area (Å²) in [6, 6.07) is 11.4. The summed E-state index contributed by atoms with van der Waals surface area (Å²) in [4.78, 5) is 21.5. The van der Waals surface area contributed by atoms with Gasteiger partial charge in [-0.05, 0) is 43.5 Å². The van der Waals surface area contributed by atoms with Crippen molar-refractivity contribution in [1.82, 2.24) is 4.98 Å². The number of benzene rings is 1. The molecule has 0 unspecified atom stereocenters. The number of rotatable bonds is 6. The third-order valence-corrected chi connectivity index (χ3v) is 5.41. The van der Waals surface area contributed by atoms with E-state index in [-0.39, 0.29) is 17.7 Å². The first-order chi connectivity index (χ1) is 13.5. The molecule has 144 valence electrons. The Hall–Kier alpha value is -2.78. The molecule has 28 heavy (non-hydrogen) atoms. The predicted octanol–water partition coefficient (Wildman–Crippen LogP) is 3.58. The lowest BCUT2D eigenvalue weighted by atomic mass is 9.88. The molecule has 3 rings (SSSR count). The van der Waals surface area contributed by atoms with Gasteiger partial charge in [0.1, 0.15) is 18.1 Å². The quantitative estimate of drug-likeness (QED) is 0.600. The van der Waals surface area contributed by atoms with Crippen molar-refractivity contribution in [3.63, 3.8) is 0 Å². The van der Waals surface area contributed by atoms with E-state index in [1.54, 1.807) is 37.0 Å². The fourth-order valence-corrected chi connectivity index (χ4v) is 3.98. The van der Waals surface area contributed by atoms with Gasteiger partial charge in [0.05, 0.1) is 11.7 Å². The number of nitrogens with two attached hydrogens (primary N) is 1. The number of hydrogen-bond donors (Lipinski definition) is 1. The summed E-state index contributed by atoms with van der Waals surface area (Å²) in [6.45, 7) is 4.15. The largest absolute Gasteiger partial charge is 0.479 e. The summed E-state index contributed by atoms with van der Waals surface area (Å²) >= 11 is 1.58. The van der Waals surface area contributed by atoms with Crippen LogP contribution in [0.3, 0.4) is 0 Å². The minimum atomic E-state index is -0.340. The fourth-order valence-electron chi connectivity index (χ4n) is 3.01. The first kappa shape index (κ1) is 20.0. The standard InChI is InChI=1S/C22H23N3O2S/c1-3-4-11-27-18-8-9-19(24-15-18)20(26)14-16-6-5-7-17(13-16)22(2)10-12-28-21(23)25-22/h5-9,13,15H,10-12,14H2,1-2H3,(H2,23,25)/t22-/m0/s1. The van der Waals surface area contributed by atoms with E-state index < -0.39 is 0 Å². The van der Waals surface area contributed by atoms with Crippen LogP contribution in [0.4, 0.5) is 0 Å². The molecule has 0 bridgehead atoms. The molecule has 2 heterocycles. The summed E-state index contributed by atoms with van der Waals surface area (Å²) in [5, 5.41) is 0.617. The highest BCUT2D eigenvalue weighted by atomic mass is 32.2. The second kappa shape index (κ2) is 8.94. The van der Waals surface area contributed by atoms with Crippen LogP contribution in [0.15, 0.2) is 47.6 Å². The van der Waals surface area contributed by atoms with Gasteiger partial charge in [0.25, 0.3) is 0 Å². The molecule has 0 fully saturated rings. The van der Waals surface area contributed by atoms with E-state index in [0.717, 1.165) is 23.3 Å². The topological polar surface area (TPSA) is 77.6 Å². The molecule has 2 aromatic rings. The van der Waals surface area contributed by atoms with Crippen molar-refractivity contribution in [2.24, 2.45) is 10.7 Å². The highest BCUT2D eigenvalue weighted by Gasteiger charge is 2.29. The fraction of sp³-hybridized carbons (Fsp3) is 0.318. The number of carbonyl (C=O) groups is 1. The van der Waals surface area contributed by atoms with E-state index in [4.69, 9.17) is 10.5 Å². The van der Waals surface area contributed by atoms with Crippen LogP contribution in [-0.2, 0) is 12.0 Å². The summed E-state index contributed by atoms with van der Waals surface area (Å²) in [6.07, 6.45) is 2.76. The smallest absolute Gasteiger partial charge is 0.185 e. The van der Waals surface area contributed by atoms with Crippen molar-refractivity contribution in [3.05, 3.63) is 59.4 Å². The number of nitrogens with zero attached hydrogens (tertiary/aromatic N) is 2. The molecule has 1 aliphatic rings. The molecule has 0 aliphatic carbocycles. The normalized spacial score (nSPS) is 18.6. The van der Waals surface area contributed by atoms with Crippen LogP contribution < -0.4 is 10.5 Å². The highest BCUT2D eigenvalue weighted by Crippen LogP contribution is 2.35. The maximum Gasteiger partial charge on any atom is 0.185 e. The van der Waals surface area contributed by atoms with Gasteiger partial charge in [0.15, 0.2) is 11.0 Å². The molecule has 5 nitrogen and oxygen atoms in total. The first-order valence-electron chi connectivity index (χ1n) is 9.09. The van der Waals surface area contributed by atoms with E-state index in [9.17, 15) is 4.79 Å². The number of amidine groups is 1. The molecule has 0 amide bonds. The van der Waals surface area contributed by atoms with Crippen LogP contribution in [0.5, 0.6) is 5.75 Å². The monoisotopic (exact) mass is 393 g/mol. The maximum absolute atomic E-state index is 12.6. The lowest BCUT2D eigenvalue weighted by Gasteiger charge is -2.30. The predicted molar refractivity (Wildman–Crippen MR) is 114 cm³/mol. The molecule has 1 aromatic heterocycles. The third-order valence-electron chi connectivity index (χ3n) is 4.62. The van der Waals surface area contributed by atoms with E-state index in [2.05, 4.69) is 28.7 Å². The van der Waals surface area contributed by atoms with Gasteiger partial charge in [-0.1, -0.05) is 41.9 Å². The van der Waals surface area contributed by atoms with Crippen molar-refractivity contribution in [1.29, 1.82) is 0 Å². The molecule has 0 saturated heterocycles. The van der Waals surface area contributed by atoms with Gasteiger partial charge in [0.2, 0.25) is 0 Å². The van der Waals surface area contributed by atoms with Crippen molar-refractivity contribution in [3.8, 4) is 17.6 Å². The summed E-state index contributed by atoms with van der Waals surface area (Å²) < 4.78 is 5.43. The highest BCUT2D eigenvalue weighted by molar-refractivity contribution is 8.13. The van der Waals surface area contributed by atoms with E-state index in [1.807, 2.05) is 24.3 Å². The maximum atomic E-state index is 12.6. The van der Waals surface area contributed by atoms with Gasteiger partial charge in [-0.2, -0.15) is 0 Å². The zero-order valence-electron chi connectivity index (χ0n) is 16.1.